The van der Waals surface area contributed by atoms with Gasteiger partial charge in [0.2, 0.25) is 0 Å². The lowest BCUT2D eigenvalue weighted by Crippen LogP contribution is -2.36. The predicted octanol–water partition coefficient (Wildman–Crippen LogP) is 2.67. The van der Waals surface area contributed by atoms with Crippen LogP contribution >= 0.6 is 11.6 Å². The molecular formula is C14H21ClN2O2. The Hall–Kier alpha value is -1.26. The molecule has 0 bridgehead atoms. The van der Waals surface area contributed by atoms with Gasteiger partial charge in [-0.2, -0.15) is 0 Å². The quantitative estimate of drug-likeness (QED) is 0.817. The van der Waals surface area contributed by atoms with Crippen LogP contribution in [0.25, 0.3) is 0 Å². The molecule has 0 saturated carbocycles. The van der Waals surface area contributed by atoms with Gasteiger partial charge in [-0.25, -0.2) is 0 Å². The van der Waals surface area contributed by atoms with E-state index in [4.69, 9.17) is 22.1 Å². The summed E-state index contributed by atoms with van der Waals surface area (Å²) in [4.78, 5) is 14.2. The summed E-state index contributed by atoms with van der Waals surface area (Å²) in [5.74, 6) is 0.317. The van der Waals surface area contributed by atoms with Crippen LogP contribution in [-0.4, -0.2) is 37.6 Å². The molecule has 1 aromatic carbocycles. The van der Waals surface area contributed by atoms with Crippen molar-refractivity contribution in [1.29, 1.82) is 0 Å². The maximum Gasteiger partial charge on any atom is 0.254 e. The first-order valence-electron chi connectivity index (χ1n) is 6.28. The zero-order chi connectivity index (χ0) is 14.4. The number of carbonyl (C=O) groups is 1. The van der Waals surface area contributed by atoms with Gasteiger partial charge in [0.25, 0.3) is 5.91 Å². The number of hydrogen-bond donors (Lipinski definition) is 1. The minimum Gasteiger partial charge on any atom is -0.399 e. The van der Waals surface area contributed by atoms with Crippen molar-refractivity contribution in [1.82, 2.24) is 4.90 Å². The first-order valence-corrected chi connectivity index (χ1v) is 6.66. The lowest BCUT2D eigenvalue weighted by Gasteiger charge is -2.24. The fraction of sp³-hybridized carbons (Fsp3) is 0.500. The van der Waals surface area contributed by atoms with E-state index in [0.717, 1.165) is 0 Å². The van der Waals surface area contributed by atoms with Crippen molar-refractivity contribution >= 4 is 23.2 Å². The fourth-order valence-corrected chi connectivity index (χ4v) is 2.08. The van der Waals surface area contributed by atoms with E-state index in [9.17, 15) is 4.79 Å². The smallest absolute Gasteiger partial charge is 0.254 e. The molecule has 0 aromatic heterocycles. The molecule has 19 heavy (non-hydrogen) atoms. The van der Waals surface area contributed by atoms with E-state index in [1.165, 1.54) is 0 Å². The Morgan fingerprint density at radius 2 is 2.11 bits per heavy atom. The van der Waals surface area contributed by atoms with Crippen LogP contribution in [0.4, 0.5) is 5.69 Å². The molecule has 0 aliphatic carbocycles. The summed E-state index contributed by atoms with van der Waals surface area (Å²) >= 11 is 5.93. The lowest BCUT2D eigenvalue weighted by atomic mass is 10.1. The topological polar surface area (TPSA) is 55.6 Å². The van der Waals surface area contributed by atoms with Gasteiger partial charge in [-0.3, -0.25) is 4.79 Å². The van der Waals surface area contributed by atoms with Crippen molar-refractivity contribution in [3.63, 3.8) is 0 Å². The van der Waals surface area contributed by atoms with Crippen LogP contribution in [0.1, 0.15) is 24.2 Å². The third kappa shape index (κ3) is 5.09. The number of halogens is 1. The van der Waals surface area contributed by atoms with Crippen molar-refractivity contribution in [2.24, 2.45) is 5.92 Å². The molecule has 2 N–H and O–H groups in total. The average Bonchev–Trinajstić information content (AvgIpc) is 2.32. The van der Waals surface area contributed by atoms with Gasteiger partial charge in [-0.05, 0) is 24.1 Å². The molecule has 5 heteroatoms. The number of amides is 1. The Kier molecular flexibility index (Phi) is 6.12. The van der Waals surface area contributed by atoms with E-state index >= 15 is 0 Å². The highest BCUT2D eigenvalue weighted by molar-refractivity contribution is 6.31. The Labute approximate surface area is 119 Å². The molecule has 0 fully saturated rings. The molecule has 0 unspecified atom stereocenters. The molecule has 0 radical (unpaired) electrons. The average molecular weight is 285 g/mol. The third-order valence-electron chi connectivity index (χ3n) is 2.61. The second-order valence-corrected chi connectivity index (χ2v) is 5.35. The number of rotatable bonds is 6. The SMILES string of the molecule is COCCN(CC(C)C)C(=O)c1cc(N)cc(Cl)c1. The van der Waals surface area contributed by atoms with Gasteiger partial charge in [0, 0.05) is 36.5 Å². The minimum absolute atomic E-state index is 0.0695. The number of carbonyl (C=O) groups excluding carboxylic acids is 1. The number of benzene rings is 1. The number of anilines is 1. The third-order valence-corrected chi connectivity index (χ3v) is 2.82. The molecule has 0 aliphatic heterocycles. The summed E-state index contributed by atoms with van der Waals surface area (Å²) in [5.41, 5.74) is 6.73. The van der Waals surface area contributed by atoms with Crippen LogP contribution < -0.4 is 5.73 Å². The summed E-state index contributed by atoms with van der Waals surface area (Å²) in [6.07, 6.45) is 0. The Balaban J connectivity index is 2.90. The van der Waals surface area contributed by atoms with Gasteiger partial charge in [0.15, 0.2) is 0 Å². The fourth-order valence-electron chi connectivity index (χ4n) is 1.84. The summed E-state index contributed by atoms with van der Waals surface area (Å²) in [5, 5.41) is 0.472. The molecule has 0 heterocycles. The molecule has 1 rings (SSSR count). The summed E-state index contributed by atoms with van der Waals surface area (Å²) in [6, 6.07) is 4.91. The van der Waals surface area contributed by atoms with E-state index in [-0.39, 0.29) is 5.91 Å². The van der Waals surface area contributed by atoms with Gasteiger partial charge in [0.1, 0.15) is 0 Å². The summed E-state index contributed by atoms with van der Waals surface area (Å²) < 4.78 is 5.04. The van der Waals surface area contributed by atoms with Gasteiger partial charge in [-0.15, -0.1) is 0 Å². The van der Waals surface area contributed by atoms with Crippen molar-refractivity contribution in [2.75, 3.05) is 32.5 Å². The number of nitrogens with zero attached hydrogens (tertiary/aromatic N) is 1. The Morgan fingerprint density at radius 1 is 1.42 bits per heavy atom. The van der Waals surface area contributed by atoms with E-state index < -0.39 is 0 Å². The molecule has 0 saturated heterocycles. The molecular weight excluding hydrogens is 264 g/mol. The highest BCUT2D eigenvalue weighted by Gasteiger charge is 2.17. The largest absolute Gasteiger partial charge is 0.399 e. The number of methoxy groups -OCH3 is 1. The second-order valence-electron chi connectivity index (χ2n) is 4.91. The molecule has 106 valence electrons. The Morgan fingerprint density at radius 3 is 2.63 bits per heavy atom. The van der Waals surface area contributed by atoms with Gasteiger partial charge >= 0.3 is 0 Å². The molecule has 0 spiro atoms. The van der Waals surface area contributed by atoms with E-state index in [0.29, 0.717) is 41.9 Å². The number of ether oxygens (including phenoxy) is 1. The molecule has 1 amide bonds. The predicted molar refractivity (Wildman–Crippen MR) is 78.5 cm³/mol. The van der Waals surface area contributed by atoms with E-state index in [1.807, 2.05) is 0 Å². The minimum atomic E-state index is -0.0695. The molecule has 0 aliphatic rings. The molecule has 4 nitrogen and oxygen atoms in total. The first-order chi connectivity index (χ1) is 8.93. The molecule has 1 aromatic rings. The van der Waals surface area contributed by atoms with Crippen LogP contribution in [-0.2, 0) is 4.74 Å². The highest BCUT2D eigenvalue weighted by atomic mass is 35.5. The summed E-state index contributed by atoms with van der Waals surface area (Å²) in [6.45, 7) is 5.88. The number of hydrogen-bond acceptors (Lipinski definition) is 3. The maximum atomic E-state index is 12.4. The van der Waals surface area contributed by atoms with Crippen molar-refractivity contribution in [3.05, 3.63) is 28.8 Å². The van der Waals surface area contributed by atoms with Crippen LogP contribution in [0.15, 0.2) is 18.2 Å². The number of nitrogen functional groups attached to an aromatic ring is 1. The lowest BCUT2D eigenvalue weighted by molar-refractivity contribution is 0.0672. The van der Waals surface area contributed by atoms with Gasteiger partial charge in [0.05, 0.1) is 6.61 Å². The van der Waals surface area contributed by atoms with E-state index in [2.05, 4.69) is 13.8 Å². The number of nitrogens with two attached hydrogens (primary N) is 1. The highest BCUT2D eigenvalue weighted by Crippen LogP contribution is 2.18. The second kappa shape index (κ2) is 7.36. The van der Waals surface area contributed by atoms with Crippen LogP contribution in [0.3, 0.4) is 0 Å². The monoisotopic (exact) mass is 284 g/mol. The first kappa shape index (κ1) is 15.8. The van der Waals surface area contributed by atoms with Crippen LogP contribution in [0.5, 0.6) is 0 Å². The van der Waals surface area contributed by atoms with Crippen molar-refractivity contribution < 1.29 is 9.53 Å². The van der Waals surface area contributed by atoms with Crippen molar-refractivity contribution in [3.8, 4) is 0 Å². The zero-order valence-electron chi connectivity index (χ0n) is 11.6. The maximum absolute atomic E-state index is 12.4. The van der Waals surface area contributed by atoms with Gasteiger partial charge in [-0.1, -0.05) is 25.4 Å². The van der Waals surface area contributed by atoms with E-state index in [1.54, 1.807) is 30.2 Å². The Bertz CT molecular complexity index is 415. The molecule has 0 atom stereocenters. The normalized spacial score (nSPS) is 10.8. The zero-order valence-corrected chi connectivity index (χ0v) is 12.4. The van der Waals surface area contributed by atoms with Crippen LogP contribution in [0.2, 0.25) is 5.02 Å². The van der Waals surface area contributed by atoms with Crippen LogP contribution in [0, 0.1) is 5.92 Å². The van der Waals surface area contributed by atoms with Crippen molar-refractivity contribution in [2.45, 2.75) is 13.8 Å². The summed E-state index contributed by atoms with van der Waals surface area (Å²) in [7, 11) is 1.62. The van der Waals surface area contributed by atoms with Gasteiger partial charge < -0.3 is 15.4 Å². The standard InChI is InChI=1S/C14H21ClN2O2/c1-10(2)9-17(4-5-19-3)14(18)11-6-12(15)8-13(16)7-11/h6-8,10H,4-5,9,16H2,1-3H3.